The molecule has 78 valence electrons. The molecular formula is C11H16O3. The van der Waals surface area contributed by atoms with E-state index < -0.39 is 17.3 Å². The predicted octanol–water partition coefficient (Wildman–Crippen LogP) is 2.00. The van der Waals surface area contributed by atoms with Gasteiger partial charge in [0.15, 0.2) is 0 Å². The molecule has 1 spiro atoms. The summed E-state index contributed by atoms with van der Waals surface area (Å²) in [5.74, 6) is -0.948. The van der Waals surface area contributed by atoms with Crippen LogP contribution in [0.5, 0.6) is 0 Å². The number of rotatable bonds is 1. The van der Waals surface area contributed by atoms with Crippen molar-refractivity contribution in [2.24, 2.45) is 11.3 Å². The van der Waals surface area contributed by atoms with E-state index in [1.54, 1.807) is 0 Å². The van der Waals surface area contributed by atoms with Crippen LogP contribution in [0.4, 0.5) is 0 Å². The van der Waals surface area contributed by atoms with Crippen LogP contribution in [0.1, 0.15) is 44.9 Å². The van der Waals surface area contributed by atoms with Crippen molar-refractivity contribution in [3.05, 3.63) is 0 Å². The Balaban J connectivity index is 2.28. The van der Waals surface area contributed by atoms with E-state index in [0.717, 1.165) is 32.1 Å². The summed E-state index contributed by atoms with van der Waals surface area (Å²) in [5.41, 5.74) is -0.468. The van der Waals surface area contributed by atoms with Gasteiger partial charge in [-0.25, -0.2) is 0 Å². The van der Waals surface area contributed by atoms with E-state index in [1.807, 2.05) is 0 Å². The molecule has 0 saturated heterocycles. The second kappa shape index (κ2) is 3.37. The molecular weight excluding hydrogens is 180 g/mol. The Hall–Kier alpha value is -0.860. The minimum Gasteiger partial charge on any atom is -0.481 e. The molecule has 0 amide bonds. The van der Waals surface area contributed by atoms with Gasteiger partial charge in [0.1, 0.15) is 5.78 Å². The van der Waals surface area contributed by atoms with Crippen LogP contribution in [-0.2, 0) is 9.59 Å². The zero-order valence-corrected chi connectivity index (χ0v) is 8.29. The van der Waals surface area contributed by atoms with Gasteiger partial charge < -0.3 is 5.11 Å². The van der Waals surface area contributed by atoms with Crippen LogP contribution < -0.4 is 0 Å². The Morgan fingerprint density at radius 1 is 1.29 bits per heavy atom. The molecule has 2 fully saturated rings. The molecule has 2 aliphatic rings. The maximum atomic E-state index is 11.8. The van der Waals surface area contributed by atoms with Crippen LogP contribution in [0.3, 0.4) is 0 Å². The van der Waals surface area contributed by atoms with Gasteiger partial charge in [0, 0.05) is 11.8 Å². The van der Waals surface area contributed by atoms with Gasteiger partial charge in [-0.05, 0) is 25.7 Å². The van der Waals surface area contributed by atoms with Crippen molar-refractivity contribution in [2.75, 3.05) is 0 Å². The van der Waals surface area contributed by atoms with Gasteiger partial charge >= 0.3 is 5.97 Å². The topological polar surface area (TPSA) is 54.4 Å². The summed E-state index contributed by atoms with van der Waals surface area (Å²) in [7, 11) is 0. The normalized spacial score (nSPS) is 37.7. The first-order valence-corrected chi connectivity index (χ1v) is 5.43. The van der Waals surface area contributed by atoms with Gasteiger partial charge in [0.05, 0.1) is 5.92 Å². The highest BCUT2D eigenvalue weighted by Crippen LogP contribution is 2.50. The Labute approximate surface area is 83.5 Å². The summed E-state index contributed by atoms with van der Waals surface area (Å²) >= 11 is 0. The van der Waals surface area contributed by atoms with Crippen LogP contribution in [0, 0.1) is 11.3 Å². The number of hydrogen-bond acceptors (Lipinski definition) is 2. The quantitative estimate of drug-likeness (QED) is 0.697. The largest absolute Gasteiger partial charge is 0.481 e. The number of Topliss-reactive ketones (excluding diaryl/α,β-unsaturated/α-hetero) is 1. The fourth-order valence-electron chi connectivity index (χ4n) is 3.19. The van der Waals surface area contributed by atoms with E-state index in [-0.39, 0.29) is 5.78 Å². The lowest BCUT2D eigenvalue weighted by atomic mass is 9.64. The standard InChI is InChI=1S/C11H16O3/c12-9-5-3-7-11(9)6-2-1-4-8(11)10(13)14/h8H,1-7H2,(H,13,14)/t8-,11-/m1/s1. The van der Waals surface area contributed by atoms with Crippen LogP contribution >= 0.6 is 0 Å². The van der Waals surface area contributed by atoms with Crippen molar-refractivity contribution in [2.45, 2.75) is 44.9 Å². The fourth-order valence-corrected chi connectivity index (χ4v) is 3.19. The van der Waals surface area contributed by atoms with Gasteiger partial charge in [-0.3, -0.25) is 9.59 Å². The molecule has 3 nitrogen and oxygen atoms in total. The first-order chi connectivity index (χ1) is 6.67. The highest BCUT2D eigenvalue weighted by molar-refractivity contribution is 5.91. The monoisotopic (exact) mass is 196 g/mol. The lowest BCUT2D eigenvalue weighted by Gasteiger charge is -2.37. The highest BCUT2D eigenvalue weighted by atomic mass is 16.4. The minimum atomic E-state index is -0.764. The van der Waals surface area contributed by atoms with Crippen molar-refractivity contribution in [3.63, 3.8) is 0 Å². The van der Waals surface area contributed by atoms with E-state index in [4.69, 9.17) is 5.11 Å². The minimum absolute atomic E-state index is 0.213. The highest BCUT2D eigenvalue weighted by Gasteiger charge is 2.51. The molecule has 2 saturated carbocycles. The summed E-state index contributed by atoms with van der Waals surface area (Å²) in [6.45, 7) is 0. The van der Waals surface area contributed by atoms with Crippen molar-refractivity contribution < 1.29 is 14.7 Å². The zero-order chi connectivity index (χ0) is 10.2. The van der Waals surface area contributed by atoms with Gasteiger partial charge in [-0.1, -0.05) is 12.8 Å². The lowest BCUT2D eigenvalue weighted by molar-refractivity contribution is -0.153. The number of aliphatic carboxylic acids is 1. The maximum absolute atomic E-state index is 11.8. The van der Waals surface area contributed by atoms with E-state index in [9.17, 15) is 9.59 Å². The summed E-state index contributed by atoms with van der Waals surface area (Å²) in [6, 6.07) is 0. The first kappa shape index (κ1) is 9.69. The number of carboxylic acids is 1. The molecule has 0 aromatic heterocycles. The summed E-state index contributed by atoms with van der Waals surface area (Å²) in [4.78, 5) is 22.9. The Morgan fingerprint density at radius 2 is 2.00 bits per heavy atom. The molecule has 2 aliphatic carbocycles. The molecule has 2 atom stereocenters. The molecule has 0 radical (unpaired) electrons. The van der Waals surface area contributed by atoms with Crippen molar-refractivity contribution >= 4 is 11.8 Å². The van der Waals surface area contributed by atoms with Crippen molar-refractivity contribution in [1.29, 1.82) is 0 Å². The molecule has 0 heterocycles. The molecule has 0 unspecified atom stereocenters. The van der Waals surface area contributed by atoms with E-state index in [0.29, 0.717) is 12.8 Å². The average molecular weight is 196 g/mol. The number of carbonyl (C=O) groups is 2. The van der Waals surface area contributed by atoms with Crippen LogP contribution in [0.15, 0.2) is 0 Å². The maximum Gasteiger partial charge on any atom is 0.307 e. The predicted molar refractivity (Wildman–Crippen MR) is 50.9 cm³/mol. The number of ketones is 1. The van der Waals surface area contributed by atoms with Gasteiger partial charge in [0.25, 0.3) is 0 Å². The van der Waals surface area contributed by atoms with E-state index in [2.05, 4.69) is 0 Å². The Bertz CT molecular complexity index is 272. The van der Waals surface area contributed by atoms with Gasteiger partial charge in [0.2, 0.25) is 0 Å². The summed E-state index contributed by atoms with van der Waals surface area (Å²) < 4.78 is 0. The van der Waals surface area contributed by atoms with Crippen molar-refractivity contribution in [1.82, 2.24) is 0 Å². The van der Waals surface area contributed by atoms with Crippen molar-refractivity contribution in [3.8, 4) is 0 Å². The van der Waals surface area contributed by atoms with E-state index in [1.165, 1.54) is 0 Å². The third-order valence-corrected chi connectivity index (χ3v) is 3.91. The van der Waals surface area contributed by atoms with E-state index >= 15 is 0 Å². The Morgan fingerprint density at radius 3 is 2.57 bits per heavy atom. The van der Waals surface area contributed by atoms with Crippen LogP contribution in [0.25, 0.3) is 0 Å². The summed E-state index contributed by atoms with van der Waals surface area (Å²) in [6.07, 6.45) is 5.79. The molecule has 0 bridgehead atoms. The fraction of sp³-hybridized carbons (Fsp3) is 0.818. The zero-order valence-electron chi connectivity index (χ0n) is 8.29. The van der Waals surface area contributed by atoms with Gasteiger partial charge in [-0.2, -0.15) is 0 Å². The second-order valence-electron chi connectivity index (χ2n) is 4.57. The molecule has 1 N–H and O–H groups in total. The second-order valence-corrected chi connectivity index (χ2v) is 4.57. The summed E-state index contributed by atoms with van der Waals surface area (Å²) in [5, 5.41) is 9.13. The molecule has 0 aliphatic heterocycles. The number of carbonyl (C=O) groups excluding carboxylic acids is 1. The first-order valence-electron chi connectivity index (χ1n) is 5.43. The third kappa shape index (κ3) is 1.26. The third-order valence-electron chi connectivity index (χ3n) is 3.91. The SMILES string of the molecule is O=C(O)[C@H]1CCCC[C@@]12CCCC2=O. The van der Waals surface area contributed by atoms with Gasteiger partial charge in [-0.15, -0.1) is 0 Å². The number of hydrogen-bond donors (Lipinski definition) is 1. The molecule has 2 rings (SSSR count). The van der Waals surface area contributed by atoms with Crippen LogP contribution in [0.2, 0.25) is 0 Å². The lowest BCUT2D eigenvalue weighted by Crippen LogP contribution is -2.41. The Kier molecular flexibility index (Phi) is 2.33. The molecule has 0 aromatic rings. The van der Waals surface area contributed by atoms with Crippen LogP contribution in [-0.4, -0.2) is 16.9 Å². The molecule has 0 aromatic carbocycles. The average Bonchev–Trinajstić information content (AvgIpc) is 2.49. The molecule has 3 heteroatoms. The molecule has 14 heavy (non-hydrogen) atoms. The smallest absolute Gasteiger partial charge is 0.307 e. The number of carboxylic acid groups (broad SMARTS) is 1.